The maximum atomic E-state index is 4.17. The minimum absolute atomic E-state index is 0.734. The monoisotopic (exact) mass is 178 g/mol. The van der Waals surface area contributed by atoms with E-state index < -0.39 is 0 Å². The highest BCUT2D eigenvalue weighted by atomic mass is 15.1. The van der Waals surface area contributed by atoms with Gasteiger partial charge in [-0.05, 0) is 12.5 Å². The molecule has 0 bridgehead atoms. The van der Waals surface area contributed by atoms with Gasteiger partial charge >= 0.3 is 0 Å². The van der Waals surface area contributed by atoms with Gasteiger partial charge in [-0.1, -0.05) is 0 Å². The molecule has 2 heterocycles. The van der Waals surface area contributed by atoms with Gasteiger partial charge in [0.05, 0.1) is 0 Å². The molecule has 1 fully saturated rings. The average Bonchev–Trinajstić information content (AvgIpc) is 2.05. The molecule has 2 N–H and O–H groups in total. The van der Waals surface area contributed by atoms with Crippen LogP contribution in [0.1, 0.15) is 5.56 Å². The molecule has 1 aliphatic heterocycles. The Bertz CT molecular complexity index is 265. The largest absolute Gasteiger partial charge is 0.354 e. The molecule has 4 heteroatoms. The van der Waals surface area contributed by atoms with Crippen molar-refractivity contribution in [3.8, 4) is 0 Å². The fourth-order valence-corrected chi connectivity index (χ4v) is 1.21. The smallest absolute Gasteiger partial charge is 0.222 e. The van der Waals surface area contributed by atoms with Crippen molar-refractivity contribution in [2.75, 3.05) is 25.0 Å². The maximum Gasteiger partial charge on any atom is 0.222 e. The van der Waals surface area contributed by atoms with Crippen molar-refractivity contribution in [1.82, 2.24) is 15.3 Å². The Kier molecular flexibility index (Phi) is 2.40. The van der Waals surface area contributed by atoms with E-state index in [1.165, 1.54) is 0 Å². The Labute approximate surface area is 77.8 Å². The van der Waals surface area contributed by atoms with E-state index in [9.17, 15) is 0 Å². The molecule has 13 heavy (non-hydrogen) atoms. The molecule has 1 aliphatic rings. The van der Waals surface area contributed by atoms with Crippen LogP contribution in [0.25, 0.3) is 0 Å². The van der Waals surface area contributed by atoms with Crippen LogP contribution in [0.5, 0.6) is 0 Å². The van der Waals surface area contributed by atoms with Gasteiger partial charge in [-0.15, -0.1) is 0 Å². The standard InChI is InChI=1S/C9H14N4/c1-7-2-11-9(12-3-7)13-6-8-4-10-5-8/h2-3,8,10H,4-6H2,1H3,(H,11,12,13). The molecular formula is C9H14N4. The summed E-state index contributed by atoms with van der Waals surface area (Å²) < 4.78 is 0. The van der Waals surface area contributed by atoms with Crippen molar-refractivity contribution in [3.63, 3.8) is 0 Å². The first-order valence-electron chi connectivity index (χ1n) is 4.58. The first kappa shape index (κ1) is 8.44. The summed E-state index contributed by atoms with van der Waals surface area (Å²) in [5, 5.41) is 6.44. The summed E-state index contributed by atoms with van der Waals surface area (Å²) in [6, 6.07) is 0. The Hall–Kier alpha value is -1.16. The second kappa shape index (κ2) is 3.70. The molecule has 0 aromatic carbocycles. The topological polar surface area (TPSA) is 49.8 Å². The Morgan fingerprint density at radius 1 is 1.46 bits per heavy atom. The van der Waals surface area contributed by atoms with E-state index in [4.69, 9.17) is 0 Å². The molecular weight excluding hydrogens is 164 g/mol. The summed E-state index contributed by atoms with van der Waals surface area (Å²) in [4.78, 5) is 8.33. The molecule has 0 atom stereocenters. The molecule has 0 aliphatic carbocycles. The zero-order valence-electron chi connectivity index (χ0n) is 7.75. The summed E-state index contributed by atoms with van der Waals surface area (Å²) in [5.41, 5.74) is 1.09. The third-order valence-corrected chi connectivity index (χ3v) is 2.20. The van der Waals surface area contributed by atoms with E-state index in [2.05, 4.69) is 20.6 Å². The lowest BCUT2D eigenvalue weighted by atomic mass is 10.0. The average molecular weight is 178 g/mol. The molecule has 4 nitrogen and oxygen atoms in total. The molecule has 0 amide bonds. The predicted octanol–water partition coefficient (Wildman–Crippen LogP) is 0.416. The summed E-state index contributed by atoms with van der Waals surface area (Å²) >= 11 is 0. The van der Waals surface area contributed by atoms with Crippen molar-refractivity contribution in [2.45, 2.75) is 6.92 Å². The number of aromatic nitrogens is 2. The van der Waals surface area contributed by atoms with Crippen molar-refractivity contribution < 1.29 is 0 Å². The van der Waals surface area contributed by atoms with Crippen molar-refractivity contribution in [2.24, 2.45) is 5.92 Å². The third-order valence-electron chi connectivity index (χ3n) is 2.20. The second-order valence-corrected chi connectivity index (χ2v) is 3.49. The summed E-state index contributed by atoms with van der Waals surface area (Å²) in [6.45, 7) is 5.17. The lowest BCUT2D eigenvalue weighted by molar-refractivity contribution is 0.365. The summed E-state index contributed by atoms with van der Waals surface area (Å²) in [7, 11) is 0. The molecule has 0 unspecified atom stereocenters. The fourth-order valence-electron chi connectivity index (χ4n) is 1.21. The number of nitrogens with zero attached hydrogens (tertiary/aromatic N) is 2. The van der Waals surface area contributed by atoms with Crippen LogP contribution in [0.4, 0.5) is 5.95 Å². The summed E-state index contributed by atoms with van der Waals surface area (Å²) in [5.74, 6) is 1.47. The van der Waals surface area contributed by atoms with E-state index >= 15 is 0 Å². The van der Waals surface area contributed by atoms with Gasteiger partial charge in [-0.25, -0.2) is 9.97 Å². The number of rotatable bonds is 3. The van der Waals surface area contributed by atoms with Gasteiger partial charge in [0.1, 0.15) is 0 Å². The number of nitrogens with one attached hydrogen (secondary N) is 2. The minimum atomic E-state index is 0.734. The number of hydrogen-bond donors (Lipinski definition) is 2. The number of anilines is 1. The van der Waals surface area contributed by atoms with Gasteiger partial charge in [0.15, 0.2) is 0 Å². The van der Waals surface area contributed by atoms with Gasteiger partial charge in [-0.2, -0.15) is 0 Å². The predicted molar refractivity (Wildman–Crippen MR) is 51.6 cm³/mol. The fraction of sp³-hybridized carbons (Fsp3) is 0.556. The van der Waals surface area contributed by atoms with E-state index in [0.29, 0.717) is 0 Å². The molecule has 0 spiro atoms. The molecule has 1 saturated heterocycles. The van der Waals surface area contributed by atoms with Crippen LogP contribution in [-0.2, 0) is 0 Å². The second-order valence-electron chi connectivity index (χ2n) is 3.49. The SMILES string of the molecule is Cc1cnc(NCC2CNC2)nc1. The maximum absolute atomic E-state index is 4.17. The molecule has 1 aromatic heterocycles. The van der Waals surface area contributed by atoms with Gasteiger partial charge in [0.2, 0.25) is 5.95 Å². The molecule has 0 radical (unpaired) electrons. The highest BCUT2D eigenvalue weighted by molar-refractivity contribution is 5.24. The summed E-state index contributed by atoms with van der Waals surface area (Å²) in [6.07, 6.45) is 3.66. The zero-order valence-corrected chi connectivity index (χ0v) is 7.75. The van der Waals surface area contributed by atoms with Crippen LogP contribution < -0.4 is 10.6 Å². The van der Waals surface area contributed by atoms with Crippen LogP contribution in [0.3, 0.4) is 0 Å². The van der Waals surface area contributed by atoms with Crippen molar-refractivity contribution >= 4 is 5.95 Å². The lowest BCUT2D eigenvalue weighted by Crippen LogP contribution is -2.45. The van der Waals surface area contributed by atoms with Crippen LogP contribution in [0.15, 0.2) is 12.4 Å². The number of hydrogen-bond acceptors (Lipinski definition) is 4. The Morgan fingerprint density at radius 3 is 2.69 bits per heavy atom. The van der Waals surface area contributed by atoms with E-state index in [1.54, 1.807) is 0 Å². The first-order valence-corrected chi connectivity index (χ1v) is 4.58. The van der Waals surface area contributed by atoms with Gasteiger partial charge in [0.25, 0.3) is 0 Å². The van der Waals surface area contributed by atoms with E-state index in [1.807, 2.05) is 19.3 Å². The minimum Gasteiger partial charge on any atom is -0.354 e. The van der Waals surface area contributed by atoms with Crippen LogP contribution >= 0.6 is 0 Å². The quantitative estimate of drug-likeness (QED) is 0.704. The molecule has 2 rings (SSSR count). The Balaban J connectivity index is 1.83. The van der Waals surface area contributed by atoms with Crippen LogP contribution in [0.2, 0.25) is 0 Å². The lowest BCUT2D eigenvalue weighted by Gasteiger charge is -2.26. The molecule has 70 valence electrons. The Morgan fingerprint density at radius 2 is 2.15 bits per heavy atom. The van der Waals surface area contributed by atoms with Gasteiger partial charge in [0, 0.05) is 37.9 Å². The van der Waals surface area contributed by atoms with Crippen LogP contribution in [-0.4, -0.2) is 29.6 Å². The number of aryl methyl sites for hydroxylation is 1. The van der Waals surface area contributed by atoms with Crippen molar-refractivity contribution in [1.29, 1.82) is 0 Å². The van der Waals surface area contributed by atoms with Gasteiger partial charge < -0.3 is 10.6 Å². The van der Waals surface area contributed by atoms with Crippen molar-refractivity contribution in [3.05, 3.63) is 18.0 Å². The highest BCUT2D eigenvalue weighted by Crippen LogP contribution is 2.04. The molecule has 1 aromatic rings. The van der Waals surface area contributed by atoms with Gasteiger partial charge in [-0.3, -0.25) is 0 Å². The van der Waals surface area contributed by atoms with E-state index in [0.717, 1.165) is 37.1 Å². The third kappa shape index (κ3) is 2.15. The first-order chi connectivity index (χ1) is 6.34. The molecule has 0 saturated carbocycles. The van der Waals surface area contributed by atoms with E-state index in [-0.39, 0.29) is 0 Å². The normalized spacial score (nSPS) is 16.7. The zero-order chi connectivity index (χ0) is 9.10. The van der Waals surface area contributed by atoms with Crippen LogP contribution in [0, 0.1) is 12.8 Å². The highest BCUT2D eigenvalue weighted by Gasteiger charge is 2.15.